The molecule has 0 radical (unpaired) electrons. The normalized spacial score (nSPS) is 11.9. The van der Waals surface area contributed by atoms with Crippen LogP contribution in [0.2, 0.25) is 6.82 Å². The van der Waals surface area contributed by atoms with Crippen LogP contribution in [0.1, 0.15) is 13.3 Å². The predicted octanol–water partition coefficient (Wildman–Crippen LogP) is -0.907. The van der Waals surface area contributed by atoms with E-state index in [0.717, 1.165) is 0 Å². The Labute approximate surface area is 82.4 Å². The van der Waals surface area contributed by atoms with Gasteiger partial charge in [-0.3, -0.25) is 9.59 Å². The first-order valence-electron chi connectivity index (χ1n) is 4.30. The number of hydrogen-bond acceptors (Lipinski definition) is 5. The molecule has 80 valence electrons. The van der Waals surface area contributed by atoms with E-state index in [0.29, 0.717) is 0 Å². The van der Waals surface area contributed by atoms with Crippen molar-refractivity contribution in [3.8, 4) is 0 Å². The number of carboxylic acid groups (broad SMARTS) is 1. The van der Waals surface area contributed by atoms with Gasteiger partial charge in [-0.2, -0.15) is 0 Å². The number of aliphatic carboxylic acids is 1. The minimum atomic E-state index is -1.20. The van der Waals surface area contributed by atoms with Gasteiger partial charge in [0.25, 0.3) is 0 Å². The summed E-state index contributed by atoms with van der Waals surface area (Å²) in [6.45, 7) is 3.22. The number of carboxylic acids is 1. The zero-order chi connectivity index (χ0) is 11.1. The van der Waals surface area contributed by atoms with E-state index < -0.39 is 25.0 Å². The van der Waals surface area contributed by atoms with E-state index in [1.54, 1.807) is 6.92 Å². The maximum absolute atomic E-state index is 10.9. The molecule has 6 nitrogen and oxygen atoms in total. The highest BCUT2D eigenvalue weighted by Crippen LogP contribution is 1.96. The largest absolute Gasteiger partial charge is 0.480 e. The first-order chi connectivity index (χ1) is 6.47. The van der Waals surface area contributed by atoms with E-state index in [1.807, 2.05) is 0 Å². The molecule has 0 spiro atoms. The van der Waals surface area contributed by atoms with Crippen molar-refractivity contribution >= 4 is 19.0 Å². The second kappa shape index (κ2) is 6.39. The Morgan fingerprint density at radius 2 is 2.14 bits per heavy atom. The zero-order valence-electron chi connectivity index (χ0n) is 8.19. The molecule has 1 atom stereocenters. The van der Waals surface area contributed by atoms with E-state index in [-0.39, 0.29) is 13.0 Å². The highest BCUT2D eigenvalue weighted by atomic mass is 16.5. The Morgan fingerprint density at radius 3 is 2.50 bits per heavy atom. The van der Waals surface area contributed by atoms with Crippen LogP contribution in [0.15, 0.2) is 0 Å². The molecule has 0 aromatic heterocycles. The molecule has 3 N–H and O–H groups in total. The van der Waals surface area contributed by atoms with Crippen LogP contribution in [0.25, 0.3) is 0 Å². The third-order valence-corrected chi connectivity index (χ3v) is 1.42. The second-order valence-corrected chi connectivity index (χ2v) is 2.74. The second-order valence-electron chi connectivity index (χ2n) is 2.74. The van der Waals surface area contributed by atoms with Crippen LogP contribution in [0.3, 0.4) is 0 Å². The van der Waals surface area contributed by atoms with Crippen LogP contribution >= 0.6 is 0 Å². The van der Waals surface area contributed by atoms with Gasteiger partial charge < -0.3 is 20.1 Å². The van der Waals surface area contributed by atoms with Gasteiger partial charge in [-0.15, -0.1) is 0 Å². The maximum atomic E-state index is 10.9. The molecule has 0 amide bonds. The molecule has 0 rings (SSSR count). The van der Waals surface area contributed by atoms with Gasteiger partial charge in [0.15, 0.2) is 0 Å². The minimum absolute atomic E-state index is 0.208. The van der Waals surface area contributed by atoms with Crippen molar-refractivity contribution < 1.29 is 24.5 Å². The lowest BCUT2D eigenvalue weighted by molar-refractivity contribution is -0.148. The summed E-state index contributed by atoms with van der Waals surface area (Å²) >= 11 is 0. The van der Waals surface area contributed by atoms with Gasteiger partial charge in [0, 0.05) is 0 Å². The molecule has 0 aliphatic carbocycles. The molecular weight excluding hydrogens is 189 g/mol. The third-order valence-electron chi connectivity index (χ3n) is 1.42. The third kappa shape index (κ3) is 5.55. The number of hydrogen-bond donors (Lipinski definition) is 3. The molecular formula is C7H14BNO5. The summed E-state index contributed by atoms with van der Waals surface area (Å²) in [6.07, 6.45) is -0.298. The average molecular weight is 203 g/mol. The number of rotatable bonds is 6. The molecule has 0 heterocycles. The number of esters is 1. The molecule has 0 aromatic carbocycles. The topological polar surface area (TPSA) is 95.9 Å². The van der Waals surface area contributed by atoms with Crippen molar-refractivity contribution in [3.63, 3.8) is 0 Å². The molecule has 0 aliphatic heterocycles. The Kier molecular flexibility index (Phi) is 5.90. The molecule has 0 bridgehead atoms. The summed E-state index contributed by atoms with van der Waals surface area (Å²) in [5.41, 5.74) is 0. The zero-order valence-corrected chi connectivity index (χ0v) is 8.19. The maximum Gasteiger partial charge on any atom is 0.374 e. The van der Waals surface area contributed by atoms with Crippen LogP contribution in [0.5, 0.6) is 0 Å². The molecule has 0 aliphatic rings. The van der Waals surface area contributed by atoms with E-state index in [2.05, 4.69) is 9.96 Å². The summed E-state index contributed by atoms with van der Waals surface area (Å²) in [7, 11) is -0.981. The fourth-order valence-electron chi connectivity index (χ4n) is 0.895. The van der Waals surface area contributed by atoms with Crippen molar-refractivity contribution in [1.82, 2.24) is 5.23 Å². The molecule has 1 unspecified atom stereocenters. The summed E-state index contributed by atoms with van der Waals surface area (Å²) in [6, 6.07) is -1.12. The van der Waals surface area contributed by atoms with Gasteiger partial charge in [0.1, 0.15) is 6.04 Å². The Bertz CT molecular complexity index is 208. The fourth-order valence-corrected chi connectivity index (χ4v) is 0.895. The summed E-state index contributed by atoms with van der Waals surface area (Å²) in [5.74, 6) is -1.80. The van der Waals surface area contributed by atoms with Crippen molar-refractivity contribution in [2.45, 2.75) is 26.2 Å². The average Bonchev–Trinajstić information content (AvgIpc) is 2.02. The summed E-state index contributed by atoms with van der Waals surface area (Å²) in [4.78, 5) is 21.5. The molecule has 0 saturated carbocycles. The van der Waals surface area contributed by atoms with Crippen LogP contribution < -0.4 is 5.23 Å². The lowest BCUT2D eigenvalue weighted by Crippen LogP contribution is -2.46. The van der Waals surface area contributed by atoms with Gasteiger partial charge in [0.2, 0.25) is 0 Å². The van der Waals surface area contributed by atoms with Crippen LogP contribution in [-0.2, 0) is 14.3 Å². The van der Waals surface area contributed by atoms with Gasteiger partial charge in [-0.1, -0.05) is 0 Å². The Balaban J connectivity index is 4.09. The molecule has 0 saturated heterocycles. The number of carbonyl (C=O) groups excluding carboxylic acids is 1. The lowest BCUT2D eigenvalue weighted by Gasteiger charge is -2.13. The van der Waals surface area contributed by atoms with E-state index in [4.69, 9.17) is 10.1 Å². The highest BCUT2D eigenvalue weighted by molar-refractivity contribution is 6.46. The highest BCUT2D eigenvalue weighted by Gasteiger charge is 2.23. The summed E-state index contributed by atoms with van der Waals surface area (Å²) < 4.78 is 4.58. The van der Waals surface area contributed by atoms with Crippen LogP contribution in [0, 0.1) is 0 Å². The smallest absolute Gasteiger partial charge is 0.374 e. The number of carbonyl (C=O) groups is 2. The summed E-state index contributed by atoms with van der Waals surface area (Å²) in [5, 5.41) is 19.9. The standard InChI is InChI=1S/C7H14BNO5/c1-3-14-6(10)4-5(7(11)12)9-8(2)13/h5,9,13H,3-4H2,1-2H3,(H,11,12). The first-order valence-corrected chi connectivity index (χ1v) is 4.30. The van der Waals surface area contributed by atoms with E-state index >= 15 is 0 Å². The molecule has 14 heavy (non-hydrogen) atoms. The van der Waals surface area contributed by atoms with E-state index in [9.17, 15) is 9.59 Å². The quantitative estimate of drug-likeness (QED) is 0.382. The van der Waals surface area contributed by atoms with Crippen LogP contribution in [-0.4, -0.2) is 41.8 Å². The lowest BCUT2D eigenvalue weighted by atomic mass is 9.87. The SMILES string of the molecule is CCOC(=O)CC(NB(C)O)C(=O)O. The van der Waals surface area contributed by atoms with Crippen LogP contribution in [0.4, 0.5) is 0 Å². The molecule has 0 aromatic rings. The monoisotopic (exact) mass is 203 g/mol. The minimum Gasteiger partial charge on any atom is -0.480 e. The first kappa shape index (κ1) is 12.9. The van der Waals surface area contributed by atoms with Crippen molar-refractivity contribution in [2.24, 2.45) is 0 Å². The molecule has 7 heteroatoms. The predicted molar refractivity (Wildman–Crippen MR) is 49.6 cm³/mol. The van der Waals surface area contributed by atoms with Gasteiger partial charge in [-0.05, 0) is 13.7 Å². The van der Waals surface area contributed by atoms with Gasteiger partial charge in [-0.25, -0.2) is 0 Å². The van der Waals surface area contributed by atoms with E-state index in [1.165, 1.54) is 6.82 Å². The molecule has 0 fully saturated rings. The number of ether oxygens (including phenoxy) is 1. The van der Waals surface area contributed by atoms with Gasteiger partial charge in [0.05, 0.1) is 13.0 Å². The van der Waals surface area contributed by atoms with Gasteiger partial charge >= 0.3 is 19.0 Å². The number of nitrogens with one attached hydrogen (secondary N) is 1. The Morgan fingerprint density at radius 1 is 1.57 bits per heavy atom. The van der Waals surface area contributed by atoms with Crippen molar-refractivity contribution in [3.05, 3.63) is 0 Å². The Hall–Kier alpha value is -1.08. The van der Waals surface area contributed by atoms with Crippen molar-refractivity contribution in [2.75, 3.05) is 6.61 Å². The fraction of sp³-hybridized carbons (Fsp3) is 0.714. The van der Waals surface area contributed by atoms with Crippen molar-refractivity contribution in [1.29, 1.82) is 0 Å².